The molecule has 0 saturated carbocycles. The zero-order valence-corrected chi connectivity index (χ0v) is 6.48. The van der Waals surface area contributed by atoms with E-state index in [4.69, 9.17) is 5.11 Å². The Morgan fingerprint density at radius 3 is 2.11 bits per heavy atom. The first-order chi connectivity index (χ1) is 3.95. The first-order valence-corrected chi connectivity index (χ1v) is 4.80. The third-order valence-electron chi connectivity index (χ3n) is 0.899. The molecule has 0 aliphatic rings. The fourth-order valence-corrected chi connectivity index (χ4v) is 1.71. The molecule has 0 saturated heterocycles. The molecule has 0 aromatic carbocycles. The molecule has 0 fully saturated rings. The van der Waals surface area contributed by atoms with Gasteiger partial charge in [-0.1, -0.05) is 6.92 Å². The minimum atomic E-state index is -2.90. The normalized spacial score (nSPS) is 15.4. The Bertz CT molecular complexity index is 159. The Morgan fingerprint density at radius 2 is 2.00 bits per heavy atom. The van der Waals surface area contributed by atoms with Crippen LogP contribution in [-0.4, -0.2) is 32.1 Å². The van der Waals surface area contributed by atoms with Crippen molar-refractivity contribution in [3.63, 3.8) is 0 Å². The molecule has 0 aliphatic heterocycles. The van der Waals surface area contributed by atoms with E-state index >= 15 is 0 Å². The van der Waals surface area contributed by atoms with E-state index in [0.29, 0.717) is 0 Å². The van der Waals surface area contributed by atoms with Crippen molar-refractivity contribution in [2.75, 3.05) is 18.6 Å². The van der Waals surface area contributed by atoms with Crippen LogP contribution in [0.3, 0.4) is 0 Å². The highest BCUT2D eigenvalue weighted by atomic mass is 32.2. The molecule has 56 valence electrons. The molecule has 0 aromatic rings. The van der Waals surface area contributed by atoms with Gasteiger partial charge in [-0.25, -0.2) is 8.42 Å². The highest BCUT2D eigenvalue weighted by Crippen LogP contribution is 1.96. The van der Waals surface area contributed by atoms with Gasteiger partial charge in [-0.05, 0) is 5.92 Å². The summed E-state index contributed by atoms with van der Waals surface area (Å²) >= 11 is 0. The van der Waals surface area contributed by atoms with Crippen molar-refractivity contribution in [3.8, 4) is 0 Å². The molecule has 0 rings (SSSR count). The second-order valence-electron chi connectivity index (χ2n) is 2.38. The van der Waals surface area contributed by atoms with Crippen LogP contribution < -0.4 is 0 Å². The van der Waals surface area contributed by atoms with E-state index in [1.165, 1.54) is 6.26 Å². The molecule has 9 heavy (non-hydrogen) atoms. The van der Waals surface area contributed by atoms with Gasteiger partial charge in [-0.3, -0.25) is 0 Å². The molecule has 1 unspecified atom stereocenters. The SMILES string of the molecule is CC(CO)CS(C)(=O)=O. The van der Waals surface area contributed by atoms with Crippen molar-refractivity contribution in [2.24, 2.45) is 5.92 Å². The Morgan fingerprint density at radius 1 is 1.56 bits per heavy atom. The van der Waals surface area contributed by atoms with Gasteiger partial charge in [0, 0.05) is 12.9 Å². The summed E-state index contributed by atoms with van der Waals surface area (Å²) in [6.07, 6.45) is 1.17. The molecular weight excluding hydrogens is 140 g/mol. The van der Waals surface area contributed by atoms with Crippen LogP contribution >= 0.6 is 0 Å². The minimum absolute atomic E-state index is 0.0624. The highest BCUT2D eigenvalue weighted by Gasteiger charge is 2.07. The number of hydrogen-bond donors (Lipinski definition) is 1. The second-order valence-corrected chi connectivity index (χ2v) is 4.57. The average molecular weight is 152 g/mol. The van der Waals surface area contributed by atoms with E-state index < -0.39 is 9.84 Å². The van der Waals surface area contributed by atoms with Crippen molar-refractivity contribution in [3.05, 3.63) is 0 Å². The lowest BCUT2D eigenvalue weighted by Gasteiger charge is -2.03. The molecule has 0 radical (unpaired) electrons. The zero-order valence-electron chi connectivity index (χ0n) is 5.66. The summed E-state index contributed by atoms with van der Waals surface area (Å²) in [4.78, 5) is 0. The third kappa shape index (κ3) is 5.79. The van der Waals surface area contributed by atoms with Crippen LogP contribution in [0.4, 0.5) is 0 Å². The molecular formula is C5H12O3S. The van der Waals surface area contributed by atoms with E-state index in [2.05, 4.69) is 0 Å². The van der Waals surface area contributed by atoms with Gasteiger partial charge >= 0.3 is 0 Å². The van der Waals surface area contributed by atoms with Crippen LogP contribution in [0.1, 0.15) is 6.92 Å². The van der Waals surface area contributed by atoms with Crippen molar-refractivity contribution in [1.29, 1.82) is 0 Å². The molecule has 0 heterocycles. The number of aliphatic hydroxyl groups excluding tert-OH is 1. The van der Waals surface area contributed by atoms with Gasteiger partial charge in [-0.2, -0.15) is 0 Å². The van der Waals surface area contributed by atoms with E-state index in [1.807, 2.05) is 0 Å². The Balaban J connectivity index is 3.75. The van der Waals surface area contributed by atoms with Gasteiger partial charge < -0.3 is 5.11 Å². The quantitative estimate of drug-likeness (QED) is 0.602. The summed E-state index contributed by atoms with van der Waals surface area (Å²) in [5.41, 5.74) is 0. The lowest BCUT2D eigenvalue weighted by molar-refractivity contribution is 0.249. The predicted molar refractivity (Wildman–Crippen MR) is 36.0 cm³/mol. The molecule has 3 nitrogen and oxygen atoms in total. The van der Waals surface area contributed by atoms with Crippen molar-refractivity contribution in [1.82, 2.24) is 0 Å². The van der Waals surface area contributed by atoms with Crippen LogP contribution in [0.5, 0.6) is 0 Å². The monoisotopic (exact) mass is 152 g/mol. The van der Waals surface area contributed by atoms with E-state index in [-0.39, 0.29) is 18.3 Å². The van der Waals surface area contributed by atoms with E-state index in [9.17, 15) is 8.42 Å². The maximum absolute atomic E-state index is 10.5. The van der Waals surface area contributed by atoms with Crippen LogP contribution in [0, 0.1) is 5.92 Å². The molecule has 0 aliphatic carbocycles. The largest absolute Gasteiger partial charge is 0.396 e. The van der Waals surface area contributed by atoms with E-state index in [0.717, 1.165) is 0 Å². The third-order valence-corrected chi connectivity index (χ3v) is 2.07. The Hall–Kier alpha value is -0.0900. The summed E-state index contributed by atoms with van der Waals surface area (Å²) in [5.74, 6) is -0.0660. The molecule has 4 heteroatoms. The molecule has 0 amide bonds. The van der Waals surface area contributed by atoms with E-state index in [1.54, 1.807) is 6.92 Å². The van der Waals surface area contributed by atoms with Crippen molar-refractivity contribution < 1.29 is 13.5 Å². The standard InChI is InChI=1S/C5H12O3S/c1-5(3-6)4-9(2,7)8/h5-6H,3-4H2,1-2H3. The topological polar surface area (TPSA) is 54.4 Å². The van der Waals surface area contributed by atoms with Crippen LogP contribution in [0.15, 0.2) is 0 Å². The van der Waals surface area contributed by atoms with Gasteiger partial charge in [-0.15, -0.1) is 0 Å². The lowest BCUT2D eigenvalue weighted by atomic mass is 10.2. The molecule has 0 spiro atoms. The molecule has 1 atom stereocenters. The summed E-state index contributed by atoms with van der Waals surface area (Å²) in [7, 11) is -2.90. The second kappa shape index (κ2) is 3.17. The number of sulfone groups is 1. The molecule has 0 bridgehead atoms. The van der Waals surface area contributed by atoms with Crippen molar-refractivity contribution >= 4 is 9.84 Å². The first kappa shape index (κ1) is 8.91. The van der Waals surface area contributed by atoms with Crippen molar-refractivity contribution in [2.45, 2.75) is 6.92 Å². The molecule has 0 aromatic heterocycles. The minimum Gasteiger partial charge on any atom is -0.396 e. The van der Waals surface area contributed by atoms with Gasteiger partial charge in [0.2, 0.25) is 0 Å². The van der Waals surface area contributed by atoms with Gasteiger partial charge in [0.05, 0.1) is 5.75 Å². The molecule has 1 N–H and O–H groups in total. The Labute approximate surface area is 55.6 Å². The van der Waals surface area contributed by atoms with Gasteiger partial charge in [0.1, 0.15) is 9.84 Å². The average Bonchev–Trinajstić information content (AvgIpc) is 1.62. The maximum Gasteiger partial charge on any atom is 0.147 e. The van der Waals surface area contributed by atoms with Gasteiger partial charge in [0.25, 0.3) is 0 Å². The number of aliphatic hydroxyl groups is 1. The summed E-state index contributed by atoms with van der Waals surface area (Å²) in [6, 6.07) is 0. The summed E-state index contributed by atoms with van der Waals surface area (Å²) in [5, 5.41) is 8.43. The summed E-state index contributed by atoms with van der Waals surface area (Å²) in [6.45, 7) is 1.63. The fraction of sp³-hybridized carbons (Fsp3) is 1.00. The first-order valence-electron chi connectivity index (χ1n) is 2.74. The number of hydrogen-bond acceptors (Lipinski definition) is 3. The van der Waals surface area contributed by atoms with Crippen LogP contribution in [-0.2, 0) is 9.84 Å². The van der Waals surface area contributed by atoms with Crippen LogP contribution in [0.25, 0.3) is 0 Å². The number of rotatable bonds is 3. The predicted octanol–water partition coefficient (Wildman–Crippen LogP) is -0.341. The lowest BCUT2D eigenvalue weighted by Crippen LogP contribution is -2.14. The highest BCUT2D eigenvalue weighted by molar-refractivity contribution is 7.90. The van der Waals surface area contributed by atoms with Gasteiger partial charge in [0.15, 0.2) is 0 Å². The maximum atomic E-state index is 10.5. The Kier molecular flexibility index (Phi) is 3.14. The fourth-order valence-electron chi connectivity index (χ4n) is 0.570. The summed E-state index contributed by atoms with van der Waals surface area (Å²) < 4.78 is 21.0. The zero-order chi connectivity index (χ0) is 7.49. The smallest absolute Gasteiger partial charge is 0.147 e. The van der Waals surface area contributed by atoms with Crippen LogP contribution in [0.2, 0.25) is 0 Å².